The lowest BCUT2D eigenvalue weighted by atomic mass is 10.2. The Balaban J connectivity index is 1.99. The van der Waals surface area contributed by atoms with Gasteiger partial charge in [-0.1, -0.05) is 24.3 Å². The number of methoxy groups -OCH3 is 1. The van der Waals surface area contributed by atoms with E-state index in [9.17, 15) is 10.1 Å². The average molecular weight is 302 g/mol. The Morgan fingerprint density at radius 1 is 1.14 bits per heavy atom. The fourth-order valence-electron chi connectivity index (χ4n) is 2.01. The SMILES string of the molecule is COc1ccccc1OC(C)CNc1ccccc1[N+](=O)[O-]. The molecule has 1 unspecified atom stereocenters. The van der Waals surface area contributed by atoms with Crippen LogP contribution in [-0.4, -0.2) is 24.7 Å². The number of rotatable bonds is 7. The largest absolute Gasteiger partial charge is 0.493 e. The zero-order valence-corrected chi connectivity index (χ0v) is 12.5. The van der Waals surface area contributed by atoms with Gasteiger partial charge in [-0.3, -0.25) is 10.1 Å². The predicted octanol–water partition coefficient (Wildman–Crippen LogP) is 3.48. The summed E-state index contributed by atoms with van der Waals surface area (Å²) in [6.07, 6.45) is -0.184. The fraction of sp³-hybridized carbons (Fsp3) is 0.250. The highest BCUT2D eigenvalue weighted by Gasteiger charge is 2.14. The molecule has 0 spiro atoms. The molecule has 6 heteroatoms. The monoisotopic (exact) mass is 302 g/mol. The molecule has 2 aromatic rings. The Hall–Kier alpha value is -2.76. The third kappa shape index (κ3) is 3.88. The Bertz CT molecular complexity index is 646. The van der Waals surface area contributed by atoms with Crippen molar-refractivity contribution in [1.29, 1.82) is 0 Å². The summed E-state index contributed by atoms with van der Waals surface area (Å²) in [6.45, 7) is 2.32. The molecule has 2 aromatic carbocycles. The highest BCUT2D eigenvalue weighted by atomic mass is 16.6. The summed E-state index contributed by atoms with van der Waals surface area (Å²) in [5, 5.41) is 14.0. The van der Waals surface area contributed by atoms with Crippen molar-refractivity contribution in [3.63, 3.8) is 0 Å². The van der Waals surface area contributed by atoms with E-state index in [-0.39, 0.29) is 11.8 Å². The molecule has 0 aliphatic heterocycles. The molecule has 0 aliphatic carbocycles. The lowest BCUT2D eigenvalue weighted by Crippen LogP contribution is -2.23. The lowest BCUT2D eigenvalue weighted by molar-refractivity contribution is -0.384. The van der Waals surface area contributed by atoms with E-state index in [1.54, 1.807) is 25.3 Å². The smallest absolute Gasteiger partial charge is 0.292 e. The number of nitro groups is 1. The van der Waals surface area contributed by atoms with Gasteiger partial charge in [0.1, 0.15) is 11.8 Å². The Morgan fingerprint density at radius 2 is 1.77 bits per heavy atom. The van der Waals surface area contributed by atoms with E-state index >= 15 is 0 Å². The maximum atomic E-state index is 11.0. The van der Waals surface area contributed by atoms with E-state index in [1.807, 2.05) is 31.2 Å². The van der Waals surface area contributed by atoms with Gasteiger partial charge in [0, 0.05) is 6.07 Å². The van der Waals surface area contributed by atoms with Crippen LogP contribution in [0.2, 0.25) is 0 Å². The second-order valence-electron chi connectivity index (χ2n) is 4.73. The van der Waals surface area contributed by atoms with E-state index in [2.05, 4.69) is 5.32 Å². The van der Waals surface area contributed by atoms with E-state index < -0.39 is 4.92 Å². The number of ether oxygens (including phenoxy) is 2. The number of hydrogen-bond acceptors (Lipinski definition) is 5. The fourth-order valence-corrected chi connectivity index (χ4v) is 2.01. The number of anilines is 1. The van der Waals surface area contributed by atoms with Gasteiger partial charge in [-0.05, 0) is 25.1 Å². The zero-order valence-electron chi connectivity index (χ0n) is 12.5. The van der Waals surface area contributed by atoms with Gasteiger partial charge in [0.05, 0.1) is 18.6 Å². The molecule has 2 rings (SSSR count). The first-order chi connectivity index (χ1) is 10.6. The second-order valence-corrected chi connectivity index (χ2v) is 4.73. The van der Waals surface area contributed by atoms with Crippen molar-refractivity contribution in [2.45, 2.75) is 13.0 Å². The summed E-state index contributed by atoms with van der Waals surface area (Å²) < 4.78 is 11.0. The van der Waals surface area contributed by atoms with Crippen LogP contribution in [0.5, 0.6) is 11.5 Å². The highest BCUT2D eigenvalue weighted by Crippen LogP contribution is 2.27. The van der Waals surface area contributed by atoms with Crippen molar-refractivity contribution < 1.29 is 14.4 Å². The molecule has 0 bridgehead atoms. The molecular weight excluding hydrogens is 284 g/mol. The maximum absolute atomic E-state index is 11.0. The van der Waals surface area contributed by atoms with Crippen molar-refractivity contribution >= 4 is 11.4 Å². The summed E-state index contributed by atoms with van der Waals surface area (Å²) in [4.78, 5) is 10.6. The van der Waals surface area contributed by atoms with E-state index in [4.69, 9.17) is 9.47 Å². The zero-order chi connectivity index (χ0) is 15.9. The summed E-state index contributed by atoms with van der Waals surface area (Å²) in [7, 11) is 1.58. The van der Waals surface area contributed by atoms with Crippen molar-refractivity contribution in [2.75, 3.05) is 19.0 Å². The molecule has 0 fully saturated rings. The minimum atomic E-state index is -0.409. The summed E-state index contributed by atoms with van der Waals surface area (Å²) in [5.41, 5.74) is 0.523. The molecule has 0 aromatic heterocycles. The number of benzene rings is 2. The first kappa shape index (κ1) is 15.6. The number of hydrogen-bond donors (Lipinski definition) is 1. The average Bonchev–Trinajstić information content (AvgIpc) is 2.53. The summed E-state index contributed by atoms with van der Waals surface area (Å²) >= 11 is 0. The predicted molar refractivity (Wildman–Crippen MR) is 84.7 cm³/mol. The lowest BCUT2D eigenvalue weighted by Gasteiger charge is -2.17. The van der Waals surface area contributed by atoms with Gasteiger partial charge in [0.2, 0.25) is 0 Å². The van der Waals surface area contributed by atoms with Gasteiger partial charge in [0.25, 0.3) is 5.69 Å². The summed E-state index contributed by atoms with van der Waals surface area (Å²) in [5.74, 6) is 1.29. The van der Waals surface area contributed by atoms with Crippen molar-refractivity contribution in [3.8, 4) is 11.5 Å². The molecule has 1 N–H and O–H groups in total. The minimum Gasteiger partial charge on any atom is -0.493 e. The molecular formula is C16H18N2O4. The van der Waals surface area contributed by atoms with Crippen LogP contribution in [0.15, 0.2) is 48.5 Å². The molecule has 22 heavy (non-hydrogen) atoms. The van der Waals surface area contributed by atoms with Gasteiger partial charge in [-0.25, -0.2) is 0 Å². The van der Waals surface area contributed by atoms with Gasteiger partial charge < -0.3 is 14.8 Å². The van der Waals surface area contributed by atoms with Crippen LogP contribution in [0.4, 0.5) is 11.4 Å². The van der Waals surface area contributed by atoms with Gasteiger partial charge in [-0.15, -0.1) is 0 Å². The third-order valence-electron chi connectivity index (χ3n) is 3.08. The van der Waals surface area contributed by atoms with Crippen LogP contribution in [0.25, 0.3) is 0 Å². The number of para-hydroxylation sites is 4. The van der Waals surface area contributed by atoms with Crippen molar-refractivity contribution in [2.24, 2.45) is 0 Å². The van der Waals surface area contributed by atoms with Crippen LogP contribution in [0, 0.1) is 10.1 Å². The molecule has 0 saturated heterocycles. The topological polar surface area (TPSA) is 73.6 Å². The Morgan fingerprint density at radius 3 is 2.45 bits per heavy atom. The van der Waals surface area contributed by atoms with E-state index in [0.29, 0.717) is 23.7 Å². The van der Waals surface area contributed by atoms with E-state index in [0.717, 1.165) is 0 Å². The van der Waals surface area contributed by atoms with Gasteiger partial charge in [0.15, 0.2) is 11.5 Å². The second kappa shape index (κ2) is 7.31. The molecule has 116 valence electrons. The maximum Gasteiger partial charge on any atom is 0.292 e. The molecule has 0 aliphatic rings. The Kier molecular flexibility index (Phi) is 5.19. The van der Waals surface area contributed by atoms with Crippen LogP contribution in [-0.2, 0) is 0 Å². The van der Waals surface area contributed by atoms with Crippen molar-refractivity contribution in [3.05, 3.63) is 58.6 Å². The quantitative estimate of drug-likeness (QED) is 0.626. The first-order valence-electron chi connectivity index (χ1n) is 6.88. The van der Waals surface area contributed by atoms with Crippen LogP contribution >= 0.6 is 0 Å². The Labute approximate surface area is 128 Å². The van der Waals surface area contributed by atoms with Crippen LogP contribution in [0.3, 0.4) is 0 Å². The van der Waals surface area contributed by atoms with Crippen LogP contribution < -0.4 is 14.8 Å². The molecule has 0 heterocycles. The molecule has 0 radical (unpaired) electrons. The molecule has 1 atom stereocenters. The first-order valence-corrected chi connectivity index (χ1v) is 6.88. The highest BCUT2D eigenvalue weighted by molar-refractivity contribution is 5.61. The number of nitro benzene ring substituents is 1. The van der Waals surface area contributed by atoms with E-state index in [1.165, 1.54) is 6.07 Å². The molecule has 0 saturated carbocycles. The number of nitrogens with one attached hydrogen (secondary N) is 1. The van der Waals surface area contributed by atoms with Crippen molar-refractivity contribution in [1.82, 2.24) is 0 Å². The van der Waals surface area contributed by atoms with Crippen LogP contribution in [0.1, 0.15) is 6.92 Å². The standard InChI is InChI=1S/C16H18N2O4/c1-12(22-16-10-6-5-9-15(16)21-2)11-17-13-7-3-4-8-14(13)18(19)20/h3-10,12,17H,11H2,1-2H3. The normalized spacial score (nSPS) is 11.5. The third-order valence-corrected chi connectivity index (χ3v) is 3.08. The minimum absolute atomic E-state index is 0.0481. The number of nitrogens with zero attached hydrogens (tertiary/aromatic N) is 1. The summed E-state index contributed by atoms with van der Waals surface area (Å²) in [6, 6.07) is 13.9. The molecule has 0 amide bonds. The van der Waals surface area contributed by atoms with Gasteiger partial charge >= 0.3 is 0 Å². The molecule has 6 nitrogen and oxygen atoms in total. The van der Waals surface area contributed by atoms with Gasteiger partial charge in [-0.2, -0.15) is 0 Å².